The smallest absolute Gasteiger partial charge is 0.0389 e. The van der Waals surface area contributed by atoms with Crippen LogP contribution in [0.3, 0.4) is 0 Å². The Labute approximate surface area is 171 Å². The van der Waals surface area contributed by atoms with Gasteiger partial charge in [0.2, 0.25) is 0 Å². The van der Waals surface area contributed by atoms with E-state index in [1.807, 2.05) is 6.21 Å². The van der Waals surface area contributed by atoms with Gasteiger partial charge in [-0.1, -0.05) is 69.4 Å². The SMILES string of the molecule is C\C=C/C(=C\C=N\CCCCCCCC)c1ccc2cc(N(C)C)ccc2c1. The zero-order valence-corrected chi connectivity index (χ0v) is 18.1. The molecule has 0 spiro atoms. The monoisotopic (exact) mass is 376 g/mol. The molecule has 0 heterocycles. The number of unbranched alkanes of at least 4 members (excludes halogenated alkanes) is 5. The molecular formula is C26H36N2. The van der Waals surface area contributed by atoms with Crippen molar-refractivity contribution in [1.29, 1.82) is 0 Å². The Bertz CT molecular complexity index is 812. The van der Waals surface area contributed by atoms with Crippen molar-refractivity contribution in [2.45, 2.75) is 52.4 Å². The molecule has 0 bridgehead atoms. The second-order valence-corrected chi connectivity index (χ2v) is 7.59. The van der Waals surface area contributed by atoms with E-state index in [9.17, 15) is 0 Å². The van der Waals surface area contributed by atoms with E-state index in [1.54, 1.807) is 0 Å². The lowest BCUT2D eigenvalue weighted by Gasteiger charge is -2.13. The molecule has 150 valence electrons. The Balaban J connectivity index is 2.03. The Morgan fingerprint density at radius 2 is 1.64 bits per heavy atom. The lowest BCUT2D eigenvalue weighted by Crippen LogP contribution is -2.07. The molecule has 0 radical (unpaired) electrons. The topological polar surface area (TPSA) is 15.6 Å². The maximum Gasteiger partial charge on any atom is 0.0389 e. The van der Waals surface area contributed by atoms with Gasteiger partial charge < -0.3 is 4.90 Å². The molecule has 0 saturated carbocycles. The third kappa shape index (κ3) is 6.99. The second-order valence-electron chi connectivity index (χ2n) is 7.59. The van der Waals surface area contributed by atoms with Gasteiger partial charge in [0.25, 0.3) is 0 Å². The number of allylic oxidation sites excluding steroid dienone is 4. The number of fused-ring (bicyclic) bond motifs is 1. The molecule has 0 aliphatic rings. The zero-order valence-electron chi connectivity index (χ0n) is 18.1. The highest BCUT2D eigenvalue weighted by molar-refractivity contribution is 5.93. The van der Waals surface area contributed by atoms with Crippen molar-refractivity contribution in [3.63, 3.8) is 0 Å². The van der Waals surface area contributed by atoms with Crippen molar-refractivity contribution in [3.8, 4) is 0 Å². The molecule has 2 heteroatoms. The number of benzene rings is 2. The molecule has 0 unspecified atom stereocenters. The first-order chi connectivity index (χ1) is 13.7. The van der Waals surface area contributed by atoms with Gasteiger partial charge in [-0.15, -0.1) is 0 Å². The van der Waals surface area contributed by atoms with E-state index >= 15 is 0 Å². The van der Waals surface area contributed by atoms with Crippen LogP contribution >= 0.6 is 0 Å². The fourth-order valence-corrected chi connectivity index (χ4v) is 3.31. The summed E-state index contributed by atoms with van der Waals surface area (Å²) in [5, 5.41) is 2.54. The molecule has 0 aliphatic carbocycles. The molecule has 0 saturated heterocycles. The van der Waals surface area contributed by atoms with Gasteiger partial charge >= 0.3 is 0 Å². The van der Waals surface area contributed by atoms with E-state index in [0.717, 1.165) is 6.54 Å². The number of rotatable bonds is 11. The summed E-state index contributed by atoms with van der Waals surface area (Å²) in [7, 11) is 4.15. The number of nitrogens with zero attached hydrogens (tertiary/aromatic N) is 2. The quantitative estimate of drug-likeness (QED) is 0.228. The average molecular weight is 377 g/mol. The fraction of sp³-hybridized carbons (Fsp3) is 0.423. The molecule has 2 aromatic carbocycles. The van der Waals surface area contributed by atoms with Crippen LogP contribution in [0.25, 0.3) is 16.3 Å². The van der Waals surface area contributed by atoms with Crippen molar-refractivity contribution in [1.82, 2.24) is 0 Å². The Morgan fingerprint density at radius 3 is 2.39 bits per heavy atom. The van der Waals surface area contributed by atoms with E-state index in [1.165, 1.54) is 66.1 Å². The summed E-state index contributed by atoms with van der Waals surface area (Å²) < 4.78 is 0. The van der Waals surface area contributed by atoms with E-state index < -0.39 is 0 Å². The maximum atomic E-state index is 4.59. The molecule has 0 aliphatic heterocycles. The normalized spacial score (nSPS) is 12.5. The first-order valence-corrected chi connectivity index (χ1v) is 10.7. The third-order valence-corrected chi connectivity index (χ3v) is 5.02. The Morgan fingerprint density at radius 1 is 0.929 bits per heavy atom. The van der Waals surface area contributed by atoms with E-state index in [0.29, 0.717) is 0 Å². The minimum atomic E-state index is 0.927. The van der Waals surface area contributed by atoms with Crippen LogP contribution in [0, 0.1) is 0 Å². The predicted molar refractivity (Wildman–Crippen MR) is 128 cm³/mol. The average Bonchev–Trinajstić information content (AvgIpc) is 2.71. The molecular weight excluding hydrogens is 340 g/mol. The van der Waals surface area contributed by atoms with E-state index in [-0.39, 0.29) is 0 Å². The fourth-order valence-electron chi connectivity index (χ4n) is 3.31. The van der Waals surface area contributed by atoms with Crippen LogP contribution in [0.5, 0.6) is 0 Å². The molecule has 0 atom stereocenters. The van der Waals surface area contributed by atoms with Gasteiger partial charge in [-0.2, -0.15) is 0 Å². The van der Waals surface area contributed by atoms with Crippen LogP contribution in [-0.4, -0.2) is 26.9 Å². The van der Waals surface area contributed by atoms with Gasteiger partial charge in [-0.05, 0) is 59.5 Å². The van der Waals surface area contributed by atoms with Crippen molar-refractivity contribution < 1.29 is 0 Å². The predicted octanol–water partition coefficient (Wildman–Crippen LogP) is 7.30. The largest absolute Gasteiger partial charge is 0.378 e. The second kappa shape index (κ2) is 12.2. The number of hydrogen-bond donors (Lipinski definition) is 0. The van der Waals surface area contributed by atoms with Crippen LogP contribution in [0.4, 0.5) is 5.69 Å². The molecule has 0 fully saturated rings. The van der Waals surface area contributed by atoms with Crippen molar-refractivity contribution in [2.24, 2.45) is 4.99 Å². The standard InChI is InChI=1S/C26H36N2/c1-5-7-8-9-10-11-18-27-19-17-22(12-6-2)23-13-14-25-21-26(28(3)4)16-15-24(25)20-23/h6,12-17,19-21H,5,7-11,18H2,1-4H3/b12-6-,22-17+,27-19+. The molecule has 2 aromatic rings. The molecule has 2 nitrogen and oxygen atoms in total. The van der Waals surface area contributed by atoms with Gasteiger partial charge in [0.15, 0.2) is 0 Å². The summed E-state index contributed by atoms with van der Waals surface area (Å²) in [5.41, 5.74) is 3.66. The van der Waals surface area contributed by atoms with Gasteiger partial charge in [-0.25, -0.2) is 0 Å². The lowest BCUT2D eigenvalue weighted by molar-refractivity contribution is 0.613. The minimum absolute atomic E-state index is 0.927. The Hall–Kier alpha value is -2.35. The summed E-state index contributed by atoms with van der Waals surface area (Å²) in [6, 6.07) is 13.3. The number of aliphatic imine (C=N–C) groups is 1. The summed E-state index contributed by atoms with van der Waals surface area (Å²) in [6.45, 7) is 5.25. The molecule has 2 rings (SSSR count). The van der Waals surface area contributed by atoms with Crippen molar-refractivity contribution >= 4 is 28.2 Å². The van der Waals surface area contributed by atoms with Crippen molar-refractivity contribution in [3.05, 3.63) is 60.2 Å². The molecule has 0 aromatic heterocycles. The zero-order chi connectivity index (χ0) is 20.2. The van der Waals surface area contributed by atoms with E-state index in [4.69, 9.17) is 0 Å². The van der Waals surface area contributed by atoms with Crippen LogP contribution in [0.15, 0.2) is 59.6 Å². The summed E-state index contributed by atoms with van der Waals surface area (Å²) in [5.74, 6) is 0. The number of hydrogen-bond acceptors (Lipinski definition) is 2. The lowest BCUT2D eigenvalue weighted by atomic mass is 10.00. The molecule has 0 amide bonds. The summed E-state index contributed by atoms with van der Waals surface area (Å²) in [6.07, 6.45) is 16.2. The van der Waals surface area contributed by atoms with Crippen LogP contribution < -0.4 is 4.90 Å². The maximum absolute atomic E-state index is 4.59. The van der Waals surface area contributed by atoms with Crippen molar-refractivity contribution in [2.75, 3.05) is 25.5 Å². The first-order valence-electron chi connectivity index (χ1n) is 10.7. The van der Waals surface area contributed by atoms with Gasteiger partial charge in [-0.3, -0.25) is 4.99 Å². The number of anilines is 1. The van der Waals surface area contributed by atoms with Gasteiger partial charge in [0.1, 0.15) is 0 Å². The molecule has 28 heavy (non-hydrogen) atoms. The first kappa shape index (κ1) is 21.9. The third-order valence-electron chi connectivity index (χ3n) is 5.02. The van der Waals surface area contributed by atoms with Gasteiger partial charge in [0.05, 0.1) is 0 Å². The summed E-state index contributed by atoms with van der Waals surface area (Å²) in [4.78, 5) is 6.73. The Kier molecular flexibility index (Phi) is 9.54. The summed E-state index contributed by atoms with van der Waals surface area (Å²) >= 11 is 0. The highest BCUT2D eigenvalue weighted by atomic mass is 15.1. The highest BCUT2D eigenvalue weighted by Gasteiger charge is 2.02. The van der Waals surface area contributed by atoms with E-state index in [2.05, 4.69) is 92.5 Å². The van der Waals surface area contributed by atoms with Crippen LogP contribution in [0.1, 0.15) is 57.9 Å². The highest BCUT2D eigenvalue weighted by Crippen LogP contribution is 2.25. The van der Waals surface area contributed by atoms with Gasteiger partial charge in [0, 0.05) is 32.5 Å². The van der Waals surface area contributed by atoms with Crippen LogP contribution in [0.2, 0.25) is 0 Å². The van der Waals surface area contributed by atoms with Crippen LogP contribution in [-0.2, 0) is 0 Å². The molecule has 0 N–H and O–H groups in total. The minimum Gasteiger partial charge on any atom is -0.378 e.